The molecule has 1 aromatic heterocycles. The third-order valence-corrected chi connectivity index (χ3v) is 6.73. The molecule has 3 rings (SSSR count). The molecule has 0 aliphatic carbocycles. The minimum absolute atomic E-state index is 1.30. The first-order chi connectivity index (χ1) is 9.77. The Balaban J connectivity index is 2.73. The molecule has 1 nitrogen and oxygen atoms in total. The predicted octanol–water partition coefficient (Wildman–Crippen LogP) is 4.65. The Kier molecular flexibility index (Phi) is 3.87. The van der Waals surface area contributed by atoms with Crippen LogP contribution >= 0.6 is 0 Å². The van der Waals surface area contributed by atoms with Gasteiger partial charge in [0.1, 0.15) is 0 Å². The molecule has 0 unspecified atom stereocenters. The Morgan fingerprint density at radius 2 is 0.952 bits per heavy atom. The van der Waals surface area contributed by atoms with Crippen molar-refractivity contribution in [2.45, 2.75) is 48.5 Å². The van der Waals surface area contributed by atoms with Gasteiger partial charge in [0.15, 0.2) is 0 Å². The Hall–Kier alpha value is -0.189. The number of benzene rings is 2. The quantitative estimate of drug-likeness (QED) is 0.570. The summed E-state index contributed by atoms with van der Waals surface area (Å²) in [5, 5.41) is 2.80. The maximum atomic E-state index is 3.72. The van der Waals surface area contributed by atoms with Crippen LogP contribution < -0.4 is 0.0314 Å². The molecule has 0 saturated carbocycles. The summed E-state index contributed by atoms with van der Waals surface area (Å²) >= 11 is 2.86. The average Bonchev–Trinajstić information content (AvgIpc) is 2.87. The Labute approximate surface area is 159 Å². The van der Waals surface area contributed by atoms with Gasteiger partial charge in [-0.1, -0.05) is 0 Å². The van der Waals surface area contributed by atoms with Crippen molar-refractivity contribution in [2.24, 2.45) is 0 Å². The summed E-state index contributed by atoms with van der Waals surface area (Å²) in [5.74, 6) is 0. The van der Waals surface area contributed by atoms with Crippen molar-refractivity contribution in [3.05, 3.63) is 38.9 Å². The van der Waals surface area contributed by atoms with Crippen molar-refractivity contribution >= 4 is 21.8 Å². The second-order valence-corrected chi connectivity index (χ2v) is 7.31. The van der Waals surface area contributed by atoms with E-state index in [9.17, 15) is 0 Å². The number of nitrogens with one attached hydrogen (secondary N) is 1. The van der Waals surface area contributed by atoms with E-state index in [0.717, 1.165) is 0 Å². The van der Waals surface area contributed by atoms with Crippen LogP contribution in [0.25, 0.3) is 21.8 Å². The molecule has 1 heterocycles. The van der Waals surface area contributed by atoms with Gasteiger partial charge in [-0.15, -0.1) is 0 Å². The monoisotopic (exact) mass is 396 g/mol. The molecule has 21 heavy (non-hydrogen) atoms. The fourth-order valence-electron chi connectivity index (χ4n) is 3.40. The van der Waals surface area contributed by atoms with Crippen LogP contribution in [-0.4, -0.2) is 4.98 Å². The van der Waals surface area contributed by atoms with Gasteiger partial charge in [-0.05, 0) is 0 Å². The molecule has 0 saturated heterocycles. The maximum absolute atomic E-state index is 3.72. The van der Waals surface area contributed by atoms with Crippen LogP contribution in [0, 0.1) is 95.0 Å². The van der Waals surface area contributed by atoms with E-state index < -0.39 is 0 Å². The Morgan fingerprint density at radius 1 is 0.524 bits per heavy atom. The molecule has 0 amide bonds. The summed E-state index contributed by atoms with van der Waals surface area (Å²) in [4.78, 5) is 3.72. The number of rotatable bonds is 0. The molecule has 0 atom stereocenters. The van der Waals surface area contributed by atoms with Crippen molar-refractivity contribution < 1.29 is 46.5 Å². The van der Waals surface area contributed by atoms with Gasteiger partial charge >= 0.3 is 161 Å². The van der Waals surface area contributed by atoms with E-state index in [4.69, 9.17) is 0 Å². The van der Waals surface area contributed by atoms with E-state index in [1.54, 1.807) is 0 Å². The number of aromatic amines is 1. The fourth-order valence-corrected chi connectivity index (χ4v) is 4.29. The summed E-state index contributed by atoms with van der Waals surface area (Å²) in [7, 11) is 0. The van der Waals surface area contributed by atoms with Gasteiger partial charge in [0, 0.05) is 0 Å². The molecular weight excluding hydrogens is 374 g/mol. The molecule has 0 aliphatic heterocycles. The minimum atomic E-state index is 1.30. The molecule has 3 aromatic rings. The van der Waals surface area contributed by atoms with Gasteiger partial charge in [0.2, 0.25) is 0 Å². The second kappa shape index (κ2) is 5.17. The molecule has 0 spiro atoms. The molecule has 1 N–H and O–H groups in total. The molecule has 2 heteroatoms. The molecule has 111 valence electrons. The fraction of sp³-hybridized carbons (Fsp3) is 0.368. The number of H-pyrrole nitrogens is 1. The van der Waals surface area contributed by atoms with Crippen molar-refractivity contribution in [1.82, 2.24) is 4.98 Å². The van der Waals surface area contributed by atoms with E-state index in [2.05, 4.69) is 100.0 Å². The van der Waals surface area contributed by atoms with Crippen LogP contribution in [-0.2, 0) is 0 Å². The molecule has 2 aromatic carbocycles. The topological polar surface area (TPSA) is 15.8 Å². The predicted molar refractivity (Wildman–Crippen MR) is 88.6 cm³/mol. The average molecular weight is 396 g/mol. The SMILES string of the molecule is Cc1c(C)c(C)c2c([nH]c3c(C)c(C)c(C)c([Xe])c32)c1C. The molecule has 0 aliphatic rings. The molecular formula is C19H22NXe. The van der Waals surface area contributed by atoms with E-state index in [0.29, 0.717) is 0 Å². The van der Waals surface area contributed by atoms with Crippen molar-refractivity contribution in [1.29, 1.82) is 0 Å². The summed E-state index contributed by atoms with van der Waals surface area (Å²) in [5.41, 5.74) is 12.4. The summed E-state index contributed by atoms with van der Waals surface area (Å²) in [6.45, 7) is 15.7. The van der Waals surface area contributed by atoms with Crippen molar-refractivity contribution in [3.63, 3.8) is 0 Å². The van der Waals surface area contributed by atoms with Gasteiger partial charge in [-0.2, -0.15) is 0 Å². The van der Waals surface area contributed by atoms with Gasteiger partial charge in [0.05, 0.1) is 0 Å². The number of aromatic nitrogens is 1. The van der Waals surface area contributed by atoms with E-state index in [-0.39, 0.29) is 0 Å². The van der Waals surface area contributed by atoms with Gasteiger partial charge in [0.25, 0.3) is 0 Å². The Bertz CT molecular complexity index is 839. The van der Waals surface area contributed by atoms with E-state index in [1.165, 1.54) is 60.8 Å². The molecule has 0 fully saturated rings. The van der Waals surface area contributed by atoms with Crippen LogP contribution in [0.4, 0.5) is 0 Å². The zero-order chi connectivity index (χ0) is 15.6. The summed E-state index contributed by atoms with van der Waals surface area (Å²) < 4.78 is 1.35. The number of aryl methyl sites for hydroxylation is 3. The third-order valence-electron chi connectivity index (χ3n) is 5.47. The summed E-state index contributed by atoms with van der Waals surface area (Å²) in [6.07, 6.45) is 0. The molecule has 0 bridgehead atoms. The normalized spacial score (nSPS) is 11.8. The number of hydrogen-bond acceptors (Lipinski definition) is 0. The number of fused-ring (bicyclic) bond motifs is 3. The van der Waals surface area contributed by atoms with Crippen LogP contribution in [0.15, 0.2) is 0 Å². The van der Waals surface area contributed by atoms with E-state index in [1.807, 2.05) is 0 Å². The van der Waals surface area contributed by atoms with Gasteiger partial charge < -0.3 is 0 Å². The number of hydrogen-bond donors (Lipinski definition) is 1. The van der Waals surface area contributed by atoms with Crippen LogP contribution in [0.3, 0.4) is 0 Å². The van der Waals surface area contributed by atoms with Crippen LogP contribution in [0.5, 0.6) is 0 Å². The molecule has 1 radical (unpaired) electrons. The van der Waals surface area contributed by atoms with Crippen molar-refractivity contribution in [2.75, 3.05) is 0 Å². The first-order valence-corrected chi connectivity index (χ1v) is 8.44. The van der Waals surface area contributed by atoms with Crippen LogP contribution in [0.1, 0.15) is 38.9 Å². The zero-order valence-electron chi connectivity index (χ0n) is 13.9. The van der Waals surface area contributed by atoms with E-state index >= 15 is 0 Å². The second-order valence-electron chi connectivity index (χ2n) is 6.30. The van der Waals surface area contributed by atoms with Gasteiger partial charge in [-0.3, -0.25) is 0 Å². The summed E-state index contributed by atoms with van der Waals surface area (Å²) in [6, 6.07) is 0. The van der Waals surface area contributed by atoms with Crippen LogP contribution in [0.2, 0.25) is 0 Å². The third kappa shape index (κ3) is 2.02. The first-order valence-electron chi connectivity index (χ1n) is 7.43. The zero-order valence-corrected chi connectivity index (χ0v) is 15.9. The van der Waals surface area contributed by atoms with Gasteiger partial charge in [-0.25, -0.2) is 0 Å². The Morgan fingerprint density at radius 3 is 1.52 bits per heavy atom. The first kappa shape index (κ1) is 15.7. The van der Waals surface area contributed by atoms with Crippen molar-refractivity contribution in [3.8, 4) is 0 Å². The standard InChI is InChI=1S/C19H22NXe/c1-8-9(2)12(5)17-15(11(8)4)16-18(20-17)13(6)10(3)14(7)19(16)21/h20H,1-7H3.